The van der Waals surface area contributed by atoms with E-state index in [9.17, 15) is 0 Å². The lowest BCUT2D eigenvalue weighted by atomic mass is 10.1. The number of benzene rings is 1. The summed E-state index contributed by atoms with van der Waals surface area (Å²) in [6.07, 6.45) is 1.24. The molecule has 0 fully saturated rings. The van der Waals surface area contributed by atoms with Crippen LogP contribution in [0.4, 0.5) is 0 Å². The summed E-state index contributed by atoms with van der Waals surface area (Å²) in [5.41, 5.74) is 2.75. The highest BCUT2D eigenvalue weighted by Crippen LogP contribution is 2.09. The normalized spacial score (nSPS) is 13.0. The number of rotatable bonds is 7. The van der Waals surface area contributed by atoms with Gasteiger partial charge in [-0.15, -0.1) is 0 Å². The second-order valence-electron chi connectivity index (χ2n) is 5.02. The summed E-state index contributed by atoms with van der Waals surface area (Å²) >= 11 is 0. The van der Waals surface area contributed by atoms with Gasteiger partial charge in [0.25, 0.3) is 0 Å². The van der Waals surface area contributed by atoms with Crippen molar-refractivity contribution in [2.24, 2.45) is 5.92 Å². The molecule has 1 unspecified atom stereocenters. The Kier molecular flexibility index (Phi) is 6.23. The minimum atomic E-state index is 0.745. The van der Waals surface area contributed by atoms with E-state index in [0.717, 1.165) is 25.6 Å². The molecule has 0 saturated carbocycles. The maximum Gasteiger partial charge on any atom is 0.0230 e. The van der Waals surface area contributed by atoms with Crippen LogP contribution in [0.25, 0.3) is 0 Å². The van der Waals surface area contributed by atoms with Crippen molar-refractivity contribution >= 4 is 0 Å². The zero-order valence-corrected chi connectivity index (χ0v) is 11.7. The molecule has 0 aliphatic heterocycles. The van der Waals surface area contributed by atoms with Crippen molar-refractivity contribution in [2.75, 3.05) is 27.2 Å². The first-order valence-corrected chi connectivity index (χ1v) is 6.54. The second-order valence-corrected chi connectivity index (χ2v) is 5.02. The molecule has 0 aliphatic carbocycles. The average Bonchev–Trinajstić information content (AvgIpc) is 2.28. The van der Waals surface area contributed by atoms with Crippen molar-refractivity contribution in [1.82, 2.24) is 10.2 Å². The van der Waals surface area contributed by atoms with Crippen molar-refractivity contribution < 1.29 is 0 Å². The molecule has 0 bridgehead atoms. The van der Waals surface area contributed by atoms with Crippen LogP contribution in [0, 0.1) is 12.8 Å². The van der Waals surface area contributed by atoms with Crippen LogP contribution in [0.15, 0.2) is 24.3 Å². The van der Waals surface area contributed by atoms with Gasteiger partial charge in [-0.2, -0.15) is 0 Å². The van der Waals surface area contributed by atoms with Crippen LogP contribution in [0.3, 0.4) is 0 Å². The molecule has 0 aromatic heterocycles. The largest absolute Gasteiger partial charge is 0.319 e. The summed E-state index contributed by atoms with van der Waals surface area (Å²) in [5, 5.41) is 3.27. The van der Waals surface area contributed by atoms with E-state index in [1.165, 1.54) is 17.5 Å². The minimum Gasteiger partial charge on any atom is -0.319 e. The van der Waals surface area contributed by atoms with Gasteiger partial charge in [0, 0.05) is 13.1 Å². The summed E-state index contributed by atoms with van der Waals surface area (Å²) in [6.45, 7) is 7.73. The molecular weight excluding hydrogens is 208 g/mol. The second kappa shape index (κ2) is 7.46. The van der Waals surface area contributed by atoms with E-state index in [2.05, 4.69) is 55.4 Å². The predicted molar refractivity (Wildman–Crippen MR) is 75.2 cm³/mol. The number of aryl methyl sites for hydroxylation is 1. The van der Waals surface area contributed by atoms with Gasteiger partial charge in [0.1, 0.15) is 0 Å². The third-order valence-electron chi connectivity index (χ3n) is 3.17. The molecule has 1 rings (SSSR count). The van der Waals surface area contributed by atoms with E-state index in [4.69, 9.17) is 0 Å². The van der Waals surface area contributed by atoms with Crippen LogP contribution in [0.2, 0.25) is 0 Å². The van der Waals surface area contributed by atoms with Crippen LogP contribution >= 0.6 is 0 Å². The van der Waals surface area contributed by atoms with Crippen LogP contribution in [-0.4, -0.2) is 32.1 Å². The molecule has 0 aliphatic rings. The zero-order valence-electron chi connectivity index (χ0n) is 11.7. The van der Waals surface area contributed by atoms with Gasteiger partial charge in [0.2, 0.25) is 0 Å². The molecule has 1 N–H and O–H groups in total. The molecule has 17 heavy (non-hydrogen) atoms. The highest BCUT2D eigenvalue weighted by atomic mass is 15.1. The first-order chi connectivity index (χ1) is 8.15. The Hall–Kier alpha value is -0.860. The van der Waals surface area contributed by atoms with E-state index in [1.54, 1.807) is 0 Å². The number of hydrogen-bond donors (Lipinski definition) is 1. The Labute approximate surface area is 106 Å². The molecule has 1 aromatic rings. The van der Waals surface area contributed by atoms with E-state index in [1.807, 2.05) is 7.05 Å². The highest BCUT2D eigenvalue weighted by molar-refractivity contribution is 5.21. The first kappa shape index (κ1) is 14.2. The topological polar surface area (TPSA) is 15.3 Å². The fourth-order valence-electron chi connectivity index (χ4n) is 2.25. The third-order valence-corrected chi connectivity index (χ3v) is 3.17. The van der Waals surface area contributed by atoms with Gasteiger partial charge in [-0.1, -0.05) is 43.2 Å². The van der Waals surface area contributed by atoms with Crippen molar-refractivity contribution in [2.45, 2.75) is 26.8 Å². The van der Waals surface area contributed by atoms with Crippen molar-refractivity contribution in [3.8, 4) is 0 Å². The number of nitrogens with one attached hydrogen (secondary N) is 1. The lowest BCUT2D eigenvalue weighted by Crippen LogP contribution is -2.30. The fraction of sp³-hybridized carbons (Fsp3) is 0.600. The van der Waals surface area contributed by atoms with E-state index < -0.39 is 0 Å². The third kappa shape index (κ3) is 5.33. The fourth-order valence-corrected chi connectivity index (χ4v) is 2.25. The SMILES string of the molecule is CCC(CNC)CN(C)Cc1cccc(C)c1. The molecular formula is C15H26N2. The van der Waals surface area contributed by atoms with Gasteiger partial charge in [0.15, 0.2) is 0 Å². The van der Waals surface area contributed by atoms with Crippen LogP contribution < -0.4 is 5.32 Å². The van der Waals surface area contributed by atoms with E-state index in [0.29, 0.717) is 0 Å². The zero-order chi connectivity index (χ0) is 12.7. The smallest absolute Gasteiger partial charge is 0.0230 e. The molecule has 0 heterocycles. The van der Waals surface area contributed by atoms with Gasteiger partial charge in [-0.05, 0) is 39.0 Å². The maximum absolute atomic E-state index is 3.27. The predicted octanol–water partition coefficient (Wildman–Crippen LogP) is 2.67. The Morgan fingerprint density at radius 2 is 2.12 bits per heavy atom. The van der Waals surface area contributed by atoms with Crippen molar-refractivity contribution in [3.63, 3.8) is 0 Å². The Morgan fingerprint density at radius 1 is 1.35 bits per heavy atom. The quantitative estimate of drug-likeness (QED) is 0.780. The molecule has 0 radical (unpaired) electrons. The molecule has 96 valence electrons. The van der Waals surface area contributed by atoms with Gasteiger partial charge >= 0.3 is 0 Å². The Balaban J connectivity index is 2.45. The van der Waals surface area contributed by atoms with Crippen molar-refractivity contribution in [1.29, 1.82) is 0 Å². The van der Waals surface area contributed by atoms with Crippen LogP contribution in [0.1, 0.15) is 24.5 Å². The highest BCUT2D eigenvalue weighted by Gasteiger charge is 2.09. The van der Waals surface area contributed by atoms with Gasteiger partial charge in [-0.3, -0.25) is 0 Å². The first-order valence-electron chi connectivity index (χ1n) is 6.54. The summed E-state index contributed by atoms with van der Waals surface area (Å²) in [7, 11) is 4.24. The lowest BCUT2D eigenvalue weighted by Gasteiger charge is -2.23. The van der Waals surface area contributed by atoms with Crippen LogP contribution in [0.5, 0.6) is 0 Å². The molecule has 1 atom stereocenters. The molecule has 2 nitrogen and oxygen atoms in total. The molecule has 0 spiro atoms. The molecule has 2 heteroatoms. The van der Waals surface area contributed by atoms with Crippen molar-refractivity contribution in [3.05, 3.63) is 35.4 Å². The summed E-state index contributed by atoms with van der Waals surface area (Å²) in [5.74, 6) is 0.745. The number of hydrogen-bond acceptors (Lipinski definition) is 2. The van der Waals surface area contributed by atoms with Crippen LogP contribution in [-0.2, 0) is 6.54 Å². The summed E-state index contributed by atoms with van der Waals surface area (Å²) < 4.78 is 0. The monoisotopic (exact) mass is 234 g/mol. The van der Waals surface area contributed by atoms with Gasteiger partial charge in [0.05, 0.1) is 0 Å². The standard InChI is InChI=1S/C15H26N2/c1-5-14(10-16-3)11-17(4)12-15-8-6-7-13(2)9-15/h6-9,14,16H,5,10-12H2,1-4H3. The Morgan fingerprint density at radius 3 is 2.71 bits per heavy atom. The summed E-state index contributed by atoms with van der Waals surface area (Å²) in [4.78, 5) is 2.42. The van der Waals surface area contributed by atoms with Gasteiger partial charge in [-0.25, -0.2) is 0 Å². The number of nitrogens with zero attached hydrogens (tertiary/aromatic N) is 1. The molecule has 0 saturated heterocycles. The summed E-state index contributed by atoms with van der Waals surface area (Å²) in [6, 6.07) is 8.78. The Bertz CT molecular complexity index is 322. The van der Waals surface area contributed by atoms with E-state index in [-0.39, 0.29) is 0 Å². The minimum absolute atomic E-state index is 0.745. The average molecular weight is 234 g/mol. The van der Waals surface area contributed by atoms with E-state index >= 15 is 0 Å². The lowest BCUT2D eigenvalue weighted by molar-refractivity contribution is 0.261. The van der Waals surface area contributed by atoms with Gasteiger partial charge < -0.3 is 10.2 Å². The molecule has 0 amide bonds. The molecule has 1 aromatic carbocycles. The maximum atomic E-state index is 3.27.